The van der Waals surface area contributed by atoms with Crippen LogP contribution in [0.4, 0.5) is 10.5 Å². The molecule has 0 radical (unpaired) electrons. The van der Waals surface area contributed by atoms with E-state index in [4.69, 9.17) is 4.74 Å². The van der Waals surface area contributed by atoms with Gasteiger partial charge in [0, 0.05) is 5.69 Å². The Balaban J connectivity index is 1.43. The van der Waals surface area contributed by atoms with Crippen molar-refractivity contribution in [3.05, 3.63) is 89.6 Å². The van der Waals surface area contributed by atoms with Gasteiger partial charge in [0.2, 0.25) is 5.91 Å². The minimum absolute atomic E-state index is 0.126. The lowest BCUT2D eigenvalue weighted by molar-refractivity contribution is -0.127. The largest absolute Gasteiger partial charge is 0.497 e. The van der Waals surface area contributed by atoms with Crippen LogP contribution < -0.4 is 15.4 Å². The van der Waals surface area contributed by atoms with Crippen LogP contribution in [0.5, 0.6) is 5.75 Å². The van der Waals surface area contributed by atoms with Crippen molar-refractivity contribution in [2.75, 3.05) is 19.0 Å². The van der Waals surface area contributed by atoms with Crippen LogP contribution in [0.1, 0.15) is 11.1 Å². The van der Waals surface area contributed by atoms with E-state index in [1.807, 2.05) is 73.7 Å². The summed E-state index contributed by atoms with van der Waals surface area (Å²) in [4.78, 5) is 38.2. The zero-order valence-corrected chi connectivity index (χ0v) is 18.3. The fraction of sp³-hybridized carbons (Fsp3) is 0.115. The summed E-state index contributed by atoms with van der Waals surface area (Å²) in [5, 5.41) is 5.25. The van der Waals surface area contributed by atoms with Gasteiger partial charge in [-0.2, -0.15) is 0 Å². The average molecular weight is 441 g/mol. The number of urea groups is 1. The number of anilines is 1. The Morgan fingerprint density at radius 3 is 2.30 bits per heavy atom. The van der Waals surface area contributed by atoms with Gasteiger partial charge in [-0.15, -0.1) is 0 Å². The second-order valence-corrected chi connectivity index (χ2v) is 7.65. The van der Waals surface area contributed by atoms with E-state index in [1.54, 1.807) is 19.3 Å². The van der Waals surface area contributed by atoms with Gasteiger partial charge in [-0.1, -0.05) is 48.5 Å². The summed E-state index contributed by atoms with van der Waals surface area (Å²) >= 11 is 0. The number of ether oxygens (including phenoxy) is 1. The number of methoxy groups -OCH3 is 1. The molecule has 0 aliphatic carbocycles. The summed E-state index contributed by atoms with van der Waals surface area (Å²) in [6.45, 7) is 1.54. The van der Waals surface area contributed by atoms with Crippen molar-refractivity contribution >= 4 is 29.6 Å². The summed E-state index contributed by atoms with van der Waals surface area (Å²) in [5.41, 5.74) is 4.52. The van der Waals surface area contributed by atoms with E-state index < -0.39 is 17.8 Å². The molecule has 7 heteroatoms. The molecule has 1 aliphatic rings. The topological polar surface area (TPSA) is 87.7 Å². The SMILES string of the molecule is COc1ccc(-c2ccc(/C=C3\NC(=O)N(CC(=O)Nc4cccc(C)c4)C3=O)cc2)cc1. The molecule has 2 N–H and O–H groups in total. The first kappa shape index (κ1) is 21.8. The van der Waals surface area contributed by atoms with Crippen molar-refractivity contribution in [3.8, 4) is 16.9 Å². The first-order valence-electron chi connectivity index (χ1n) is 10.4. The molecule has 0 bridgehead atoms. The molecule has 7 nitrogen and oxygen atoms in total. The maximum Gasteiger partial charge on any atom is 0.329 e. The molecule has 1 aliphatic heterocycles. The summed E-state index contributed by atoms with van der Waals surface area (Å²) in [6.07, 6.45) is 1.59. The Kier molecular flexibility index (Phi) is 6.22. The Morgan fingerprint density at radius 1 is 1.00 bits per heavy atom. The summed E-state index contributed by atoms with van der Waals surface area (Å²) in [5.74, 6) is -0.208. The molecule has 1 fully saturated rings. The molecule has 1 saturated heterocycles. The van der Waals surface area contributed by atoms with E-state index in [-0.39, 0.29) is 12.2 Å². The second kappa shape index (κ2) is 9.40. The summed E-state index contributed by atoms with van der Waals surface area (Å²) < 4.78 is 5.18. The number of aryl methyl sites for hydroxylation is 1. The highest BCUT2D eigenvalue weighted by atomic mass is 16.5. The molecule has 1 heterocycles. The molecule has 0 unspecified atom stereocenters. The average Bonchev–Trinajstić information content (AvgIpc) is 3.07. The summed E-state index contributed by atoms with van der Waals surface area (Å²) in [6, 6.07) is 22.0. The molecule has 4 rings (SSSR count). The molecule has 0 spiro atoms. The Morgan fingerprint density at radius 2 is 1.67 bits per heavy atom. The Bertz CT molecular complexity index is 1230. The Hall–Kier alpha value is -4.39. The van der Waals surface area contributed by atoms with Crippen LogP contribution in [0.15, 0.2) is 78.5 Å². The molecule has 3 aromatic carbocycles. The number of hydrogen-bond acceptors (Lipinski definition) is 4. The number of carbonyl (C=O) groups excluding carboxylic acids is 3. The van der Waals surface area contributed by atoms with Crippen LogP contribution >= 0.6 is 0 Å². The molecule has 4 amide bonds. The molecule has 0 atom stereocenters. The predicted molar refractivity (Wildman–Crippen MR) is 126 cm³/mol. The third-order valence-electron chi connectivity index (χ3n) is 5.21. The van der Waals surface area contributed by atoms with E-state index in [2.05, 4.69) is 10.6 Å². The van der Waals surface area contributed by atoms with Gasteiger partial charge in [0.05, 0.1) is 7.11 Å². The normalized spacial score (nSPS) is 14.4. The lowest BCUT2D eigenvalue weighted by Gasteiger charge is -2.12. The van der Waals surface area contributed by atoms with Crippen LogP contribution in [0.25, 0.3) is 17.2 Å². The van der Waals surface area contributed by atoms with Gasteiger partial charge in [-0.25, -0.2) is 9.69 Å². The van der Waals surface area contributed by atoms with Gasteiger partial charge in [-0.3, -0.25) is 9.59 Å². The highest BCUT2D eigenvalue weighted by Crippen LogP contribution is 2.23. The molecule has 33 heavy (non-hydrogen) atoms. The number of imide groups is 1. The first-order valence-corrected chi connectivity index (χ1v) is 10.4. The van der Waals surface area contributed by atoms with Gasteiger partial charge in [0.25, 0.3) is 5.91 Å². The van der Waals surface area contributed by atoms with Crippen LogP contribution in [-0.2, 0) is 9.59 Å². The van der Waals surface area contributed by atoms with Gasteiger partial charge in [-0.05, 0) is 59.5 Å². The molecular weight excluding hydrogens is 418 g/mol. The third-order valence-corrected chi connectivity index (χ3v) is 5.21. The number of rotatable bonds is 6. The second-order valence-electron chi connectivity index (χ2n) is 7.65. The number of nitrogens with zero attached hydrogens (tertiary/aromatic N) is 1. The van der Waals surface area contributed by atoms with E-state index in [9.17, 15) is 14.4 Å². The lowest BCUT2D eigenvalue weighted by atomic mass is 10.0. The number of carbonyl (C=O) groups is 3. The molecule has 0 saturated carbocycles. The van der Waals surface area contributed by atoms with Crippen LogP contribution in [0, 0.1) is 6.92 Å². The quantitative estimate of drug-likeness (QED) is 0.443. The van der Waals surface area contributed by atoms with Crippen LogP contribution in [0.3, 0.4) is 0 Å². The van der Waals surface area contributed by atoms with Gasteiger partial charge < -0.3 is 15.4 Å². The molecule has 0 aromatic heterocycles. The lowest BCUT2D eigenvalue weighted by Crippen LogP contribution is -2.38. The number of amides is 4. The standard InChI is InChI=1S/C26H23N3O4/c1-17-4-3-5-21(14-17)27-24(30)16-29-25(31)23(28-26(29)32)15-18-6-8-19(9-7-18)20-10-12-22(33-2)13-11-20/h3-15H,16H2,1-2H3,(H,27,30)(H,28,32)/b23-15-. The van der Waals surface area contributed by atoms with Gasteiger partial charge >= 0.3 is 6.03 Å². The highest BCUT2D eigenvalue weighted by Gasteiger charge is 2.34. The van der Waals surface area contributed by atoms with Crippen LogP contribution in [-0.4, -0.2) is 36.4 Å². The fourth-order valence-electron chi connectivity index (χ4n) is 3.50. The number of nitrogens with one attached hydrogen (secondary N) is 2. The number of hydrogen-bond donors (Lipinski definition) is 2. The van der Waals surface area contributed by atoms with E-state index >= 15 is 0 Å². The number of benzene rings is 3. The maximum absolute atomic E-state index is 12.7. The third kappa shape index (κ3) is 5.10. The van der Waals surface area contributed by atoms with E-state index in [0.717, 1.165) is 32.9 Å². The highest BCUT2D eigenvalue weighted by molar-refractivity contribution is 6.15. The van der Waals surface area contributed by atoms with E-state index in [0.29, 0.717) is 5.69 Å². The minimum Gasteiger partial charge on any atom is -0.497 e. The monoisotopic (exact) mass is 441 g/mol. The Labute approximate surface area is 191 Å². The molecular formula is C26H23N3O4. The maximum atomic E-state index is 12.7. The van der Waals surface area contributed by atoms with Crippen molar-refractivity contribution < 1.29 is 19.1 Å². The van der Waals surface area contributed by atoms with Crippen molar-refractivity contribution in [3.63, 3.8) is 0 Å². The van der Waals surface area contributed by atoms with Crippen molar-refractivity contribution in [1.29, 1.82) is 0 Å². The van der Waals surface area contributed by atoms with Crippen LogP contribution in [0.2, 0.25) is 0 Å². The van der Waals surface area contributed by atoms with E-state index in [1.165, 1.54) is 0 Å². The van der Waals surface area contributed by atoms with Crippen molar-refractivity contribution in [2.24, 2.45) is 0 Å². The van der Waals surface area contributed by atoms with Crippen molar-refractivity contribution in [2.45, 2.75) is 6.92 Å². The zero-order valence-electron chi connectivity index (χ0n) is 18.3. The molecule has 3 aromatic rings. The summed E-state index contributed by atoms with van der Waals surface area (Å²) in [7, 11) is 1.62. The first-order chi connectivity index (χ1) is 15.9. The zero-order chi connectivity index (χ0) is 23.4. The smallest absolute Gasteiger partial charge is 0.329 e. The van der Waals surface area contributed by atoms with Gasteiger partial charge in [0.1, 0.15) is 18.0 Å². The predicted octanol–water partition coefficient (Wildman–Crippen LogP) is 4.20. The fourth-order valence-corrected chi connectivity index (χ4v) is 3.50. The molecule has 166 valence electrons. The van der Waals surface area contributed by atoms with Gasteiger partial charge in [0.15, 0.2) is 0 Å². The van der Waals surface area contributed by atoms with Crippen molar-refractivity contribution in [1.82, 2.24) is 10.2 Å². The minimum atomic E-state index is -0.625.